The normalized spacial score (nSPS) is 20.2. The summed E-state index contributed by atoms with van der Waals surface area (Å²) in [6, 6.07) is 2.86. The Morgan fingerprint density at radius 1 is 1.48 bits per heavy atom. The molecule has 2 atom stereocenters. The van der Waals surface area contributed by atoms with Gasteiger partial charge < -0.3 is 15.3 Å². The summed E-state index contributed by atoms with van der Waals surface area (Å²) in [7, 11) is 1.63. The van der Waals surface area contributed by atoms with E-state index in [0.29, 0.717) is 11.1 Å². The van der Waals surface area contributed by atoms with Crippen molar-refractivity contribution >= 4 is 11.6 Å². The third-order valence-electron chi connectivity index (χ3n) is 4.12. The average Bonchev–Trinajstić information content (AvgIpc) is 2.48. The minimum atomic E-state index is -0.776. The van der Waals surface area contributed by atoms with E-state index >= 15 is 0 Å². The number of amides is 1. The van der Waals surface area contributed by atoms with Crippen molar-refractivity contribution in [2.45, 2.75) is 45.3 Å². The van der Waals surface area contributed by atoms with Crippen molar-refractivity contribution in [3.63, 3.8) is 0 Å². The van der Waals surface area contributed by atoms with Gasteiger partial charge in [0.25, 0.3) is 0 Å². The van der Waals surface area contributed by atoms with E-state index in [9.17, 15) is 14.3 Å². The number of hydrogen-bond donors (Lipinski definition) is 2. The Morgan fingerprint density at radius 2 is 2.19 bits per heavy atom. The van der Waals surface area contributed by atoms with Crippen LogP contribution in [0, 0.1) is 12.7 Å². The van der Waals surface area contributed by atoms with Gasteiger partial charge in [0.2, 0.25) is 5.91 Å². The molecule has 2 rings (SSSR count). The number of aliphatic hydroxyl groups is 1. The molecule has 1 aromatic carbocycles. The van der Waals surface area contributed by atoms with Gasteiger partial charge in [0.1, 0.15) is 11.9 Å². The zero-order valence-corrected chi connectivity index (χ0v) is 12.8. The van der Waals surface area contributed by atoms with Gasteiger partial charge in [-0.1, -0.05) is 0 Å². The molecule has 21 heavy (non-hydrogen) atoms. The summed E-state index contributed by atoms with van der Waals surface area (Å²) in [5.74, 6) is -0.364. The Labute approximate surface area is 125 Å². The number of likely N-dealkylation sites (N-methyl/N-ethyl adjacent to an activating group) is 1. The molecule has 0 radical (unpaired) electrons. The summed E-state index contributed by atoms with van der Waals surface area (Å²) in [6.45, 7) is 4.05. The first-order chi connectivity index (χ1) is 9.95. The number of piperidine rings is 1. The summed E-state index contributed by atoms with van der Waals surface area (Å²) >= 11 is 0. The highest BCUT2D eigenvalue weighted by atomic mass is 19.1. The minimum absolute atomic E-state index is 0.0341. The Bertz CT molecular complexity index is 531. The number of nitrogens with one attached hydrogen (secondary N) is 1. The Morgan fingerprint density at radius 3 is 2.81 bits per heavy atom. The number of aliphatic hydroxyl groups excluding tert-OH is 1. The molecule has 1 aliphatic rings. The number of halogens is 1. The molecule has 0 spiro atoms. The maximum absolute atomic E-state index is 13.8. The Balaban J connectivity index is 2.47. The maximum Gasteiger partial charge on any atom is 0.242 e. The van der Waals surface area contributed by atoms with Crippen molar-refractivity contribution in [3.8, 4) is 0 Å². The smallest absolute Gasteiger partial charge is 0.242 e. The summed E-state index contributed by atoms with van der Waals surface area (Å²) in [5.41, 5.74) is 1.82. The van der Waals surface area contributed by atoms with Gasteiger partial charge in [-0.25, -0.2) is 4.39 Å². The quantitative estimate of drug-likeness (QED) is 0.899. The molecule has 1 saturated heterocycles. The van der Waals surface area contributed by atoms with Crippen LogP contribution in [0.4, 0.5) is 10.1 Å². The summed E-state index contributed by atoms with van der Waals surface area (Å²) in [6.07, 6.45) is 1.99. The minimum Gasteiger partial charge on any atom is -0.389 e. The first-order valence-corrected chi connectivity index (χ1v) is 7.42. The van der Waals surface area contributed by atoms with Crippen molar-refractivity contribution in [3.05, 3.63) is 29.1 Å². The zero-order chi connectivity index (χ0) is 15.6. The number of carbonyl (C=O) groups excluding carboxylic acids is 1. The molecule has 0 aliphatic carbocycles. The molecule has 1 heterocycles. The van der Waals surface area contributed by atoms with Gasteiger partial charge in [-0.3, -0.25) is 4.79 Å². The highest BCUT2D eigenvalue weighted by Gasteiger charge is 2.30. The van der Waals surface area contributed by atoms with Crippen LogP contribution in [-0.2, 0) is 4.79 Å². The number of carbonyl (C=O) groups is 1. The van der Waals surface area contributed by atoms with Crippen LogP contribution in [0.5, 0.6) is 0 Å². The molecule has 1 unspecified atom stereocenters. The van der Waals surface area contributed by atoms with Crippen LogP contribution >= 0.6 is 0 Å². The SMILES string of the molecule is CNC(=O)C1CCCCN1c1cc(C)c(F)cc1[C@@H](C)O. The lowest BCUT2D eigenvalue weighted by molar-refractivity contribution is -0.122. The number of anilines is 1. The standard InChI is InChI=1S/C16H23FN2O2/c1-10-8-15(12(11(2)20)9-13(10)17)19-7-5-4-6-14(19)16(21)18-3/h8-9,11,14,20H,4-7H2,1-3H3,(H,18,21)/t11-,14?/m1/s1. The van der Waals surface area contributed by atoms with Gasteiger partial charge in [0.15, 0.2) is 0 Å². The Hall–Kier alpha value is -1.62. The maximum atomic E-state index is 13.8. The van der Waals surface area contributed by atoms with E-state index in [1.807, 2.05) is 4.90 Å². The molecular formula is C16H23FN2O2. The summed E-state index contributed by atoms with van der Waals surface area (Å²) in [5, 5.41) is 12.6. The fraction of sp³-hybridized carbons (Fsp3) is 0.562. The average molecular weight is 294 g/mol. The van der Waals surface area contributed by atoms with Gasteiger partial charge >= 0.3 is 0 Å². The van der Waals surface area contributed by atoms with Crippen LogP contribution in [0.3, 0.4) is 0 Å². The van der Waals surface area contributed by atoms with Gasteiger partial charge in [0.05, 0.1) is 6.10 Å². The van der Waals surface area contributed by atoms with E-state index in [1.54, 1.807) is 27.0 Å². The molecule has 0 aromatic heterocycles. The van der Waals surface area contributed by atoms with Gasteiger partial charge in [0, 0.05) is 24.8 Å². The molecule has 5 heteroatoms. The molecule has 1 aliphatic heterocycles. The molecule has 0 saturated carbocycles. The second kappa shape index (κ2) is 6.43. The number of nitrogens with zero attached hydrogens (tertiary/aromatic N) is 1. The van der Waals surface area contributed by atoms with E-state index in [-0.39, 0.29) is 17.8 Å². The lowest BCUT2D eigenvalue weighted by Gasteiger charge is -2.38. The van der Waals surface area contributed by atoms with E-state index in [1.165, 1.54) is 6.07 Å². The van der Waals surface area contributed by atoms with E-state index < -0.39 is 6.10 Å². The molecule has 0 bridgehead atoms. The van der Waals surface area contributed by atoms with Crippen molar-refractivity contribution in [1.29, 1.82) is 0 Å². The van der Waals surface area contributed by atoms with Crippen LogP contribution < -0.4 is 10.2 Å². The third-order valence-corrected chi connectivity index (χ3v) is 4.12. The largest absolute Gasteiger partial charge is 0.389 e. The number of benzene rings is 1. The summed E-state index contributed by atoms with van der Waals surface area (Å²) < 4.78 is 13.8. The number of aryl methyl sites for hydroxylation is 1. The van der Waals surface area contributed by atoms with E-state index in [0.717, 1.165) is 31.5 Å². The highest BCUT2D eigenvalue weighted by Crippen LogP contribution is 2.33. The predicted molar refractivity (Wildman–Crippen MR) is 80.8 cm³/mol. The van der Waals surface area contributed by atoms with Crippen molar-refractivity contribution in [2.24, 2.45) is 0 Å². The van der Waals surface area contributed by atoms with Crippen molar-refractivity contribution < 1.29 is 14.3 Å². The Kier molecular flexibility index (Phi) is 4.83. The second-order valence-corrected chi connectivity index (χ2v) is 5.66. The number of hydrogen-bond acceptors (Lipinski definition) is 3. The monoisotopic (exact) mass is 294 g/mol. The summed E-state index contributed by atoms with van der Waals surface area (Å²) in [4.78, 5) is 14.1. The molecular weight excluding hydrogens is 271 g/mol. The molecule has 116 valence electrons. The lowest BCUT2D eigenvalue weighted by Crippen LogP contribution is -2.49. The van der Waals surface area contributed by atoms with Crippen molar-refractivity contribution in [2.75, 3.05) is 18.5 Å². The first kappa shape index (κ1) is 15.8. The highest BCUT2D eigenvalue weighted by molar-refractivity contribution is 5.85. The van der Waals surface area contributed by atoms with Gasteiger partial charge in [-0.15, -0.1) is 0 Å². The second-order valence-electron chi connectivity index (χ2n) is 5.66. The van der Waals surface area contributed by atoms with E-state index in [2.05, 4.69) is 5.32 Å². The van der Waals surface area contributed by atoms with E-state index in [4.69, 9.17) is 0 Å². The third kappa shape index (κ3) is 3.18. The van der Waals surface area contributed by atoms with Crippen molar-refractivity contribution in [1.82, 2.24) is 5.32 Å². The molecule has 4 nitrogen and oxygen atoms in total. The van der Waals surface area contributed by atoms with Crippen LogP contribution in [0.2, 0.25) is 0 Å². The van der Waals surface area contributed by atoms with Gasteiger partial charge in [-0.2, -0.15) is 0 Å². The van der Waals surface area contributed by atoms with Gasteiger partial charge in [-0.05, 0) is 50.8 Å². The molecule has 1 aromatic rings. The van der Waals surface area contributed by atoms with Crippen LogP contribution in [-0.4, -0.2) is 30.6 Å². The first-order valence-electron chi connectivity index (χ1n) is 7.42. The molecule has 1 amide bonds. The molecule has 1 fully saturated rings. The zero-order valence-electron chi connectivity index (χ0n) is 12.8. The number of rotatable bonds is 3. The molecule has 2 N–H and O–H groups in total. The fourth-order valence-electron chi connectivity index (χ4n) is 2.92. The fourth-order valence-corrected chi connectivity index (χ4v) is 2.92. The van der Waals surface area contributed by atoms with Crippen LogP contribution in [0.1, 0.15) is 43.4 Å². The lowest BCUT2D eigenvalue weighted by atomic mass is 9.96. The van der Waals surface area contributed by atoms with Crippen LogP contribution in [0.25, 0.3) is 0 Å². The topological polar surface area (TPSA) is 52.6 Å². The predicted octanol–water partition coefficient (Wildman–Crippen LogP) is 2.29. The van der Waals surface area contributed by atoms with Crippen LogP contribution in [0.15, 0.2) is 12.1 Å².